The highest BCUT2D eigenvalue weighted by molar-refractivity contribution is 5.93. The van der Waals surface area contributed by atoms with Gasteiger partial charge in [-0.15, -0.1) is 0 Å². The molecule has 0 fully saturated rings. The van der Waals surface area contributed by atoms with Gasteiger partial charge in [0.2, 0.25) is 5.91 Å². The number of anilines is 1. The summed E-state index contributed by atoms with van der Waals surface area (Å²) in [4.78, 5) is 27.8. The van der Waals surface area contributed by atoms with Gasteiger partial charge in [-0.05, 0) is 55.0 Å². The van der Waals surface area contributed by atoms with E-state index in [1.807, 2.05) is 67.7 Å². The van der Waals surface area contributed by atoms with E-state index in [1.165, 1.54) is 6.08 Å². The van der Waals surface area contributed by atoms with Crippen LogP contribution in [0.2, 0.25) is 0 Å². The van der Waals surface area contributed by atoms with Crippen LogP contribution in [-0.2, 0) is 4.79 Å². The molecule has 8 heteroatoms. The summed E-state index contributed by atoms with van der Waals surface area (Å²) in [5.74, 6) is -0.239. The minimum absolute atomic E-state index is 0.232. The highest BCUT2D eigenvalue weighted by atomic mass is 16.2. The molecule has 1 unspecified atom stereocenters. The zero-order valence-corrected chi connectivity index (χ0v) is 18.6. The number of para-hydroxylation sites is 1. The van der Waals surface area contributed by atoms with E-state index in [2.05, 4.69) is 15.6 Å². The maximum atomic E-state index is 12.6. The van der Waals surface area contributed by atoms with E-state index in [1.54, 1.807) is 35.3 Å². The van der Waals surface area contributed by atoms with Gasteiger partial charge in [-0.25, -0.2) is 9.48 Å². The fraction of sp³-hybridized carbons (Fsp3) is 0.0769. The first-order valence-electron chi connectivity index (χ1n) is 10.7. The third-order valence-corrected chi connectivity index (χ3v) is 5.15. The van der Waals surface area contributed by atoms with Crippen molar-refractivity contribution in [1.82, 2.24) is 20.1 Å². The molecule has 0 saturated carbocycles. The van der Waals surface area contributed by atoms with Crippen molar-refractivity contribution in [3.8, 4) is 16.9 Å². The average Bonchev–Trinajstić information content (AvgIpc) is 3.28. The van der Waals surface area contributed by atoms with Crippen LogP contribution in [0.4, 0.5) is 10.5 Å². The molecule has 0 aliphatic heterocycles. The third-order valence-electron chi connectivity index (χ3n) is 5.15. The van der Waals surface area contributed by atoms with Crippen LogP contribution in [0, 0.1) is 0 Å². The Hall–Kier alpha value is -4.72. The molecule has 4 aromatic rings. The summed E-state index contributed by atoms with van der Waals surface area (Å²) in [5, 5.41) is 10.2. The van der Waals surface area contributed by atoms with E-state index in [0.29, 0.717) is 5.69 Å². The Labute approximate surface area is 197 Å². The molecule has 4 rings (SSSR count). The van der Waals surface area contributed by atoms with Crippen LogP contribution in [0.15, 0.2) is 91.4 Å². The number of pyridine rings is 1. The molecule has 0 aliphatic carbocycles. The summed E-state index contributed by atoms with van der Waals surface area (Å²) < 4.78 is 1.78. The van der Waals surface area contributed by atoms with Crippen LogP contribution in [-0.4, -0.2) is 26.7 Å². The first kappa shape index (κ1) is 22.5. The molecule has 0 spiro atoms. The molecule has 0 aliphatic rings. The number of hydrogen-bond acceptors (Lipinski definition) is 4. The van der Waals surface area contributed by atoms with Gasteiger partial charge in [-0.3, -0.25) is 9.78 Å². The lowest BCUT2D eigenvalue weighted by molar-refractivity contribution is -0.117. The maximum absolute atomic E-state index is 12.6. The molecule has 2 aromatic carbocycles. The van der Waals surface area contributed by atoms with Gasteiger partial charge in [0.15, 0.2) is 0 Å². The highest BCUT2D eigenvalue weighted by Gasteiger charge is 2.12. The van der Waals surface area contributed by atoms with Crippen LogP contribution in [0.1, 0.15) is 24.1 Å². The molecule has 34 heavy (non-hydrogen) atoms. The van der Waals surface area contributed by atoms with E-state index < -0.39 is 6.03 Å². The largest absolute Gasteiger partial charge is 0.351 e. The van der Waals surface area contributed by atoms with E-state index >= 15 is 0 Å². The predicted octanol–water partition coefficient (Wildman–Crippen LogP) is 4.32. The van der Waals surface area contributed by atoms with E-state index in [0.717, 1.165) is 28.1 Å². The molecule has 8 nitrogen and oxygen atoms in total. The summed E-state index contributed by atoms with van der Waals surface area (Å²) >= 11 is 0. The van der Waals surface area contributed by atoms with Crippen LogP contribution < -0.4 is 16.4 Å². The number of carbonyl (C=O) groups is 2. The van der Waals surface area contributed by atoms with Crippen molar-refractivity contribution in [2.75, 3.05) is 5.32 Å². The Balaban J connectivity index is 1.51. The van der Waals surface area contributed by atoms with Crippen LogP contribution >= 0.6 is 0 Å². The minimum atomic E-state index is -0.625. The monoisotopic (exact) mass is 452 g/mol. The predicted molar refractivity (Wildman–Crippen MR) is 132 cm³/mol. The highest BCUT2D eigenvalue weighted by Crippen LogP contribution is 2.24. The number of primary amides is 1. The first-order chi connectivity index (χ1) is 16.5. The summed E-state index contributed by atoms with van der Waals surface area (Å²) in [5.41, 5.74) is 9.91. The third kappa shape index (κ3) is 5.55. The Morgan fingerprint density at radius 2 is 1.79 bits per heavy atom. The summed E-state index contributed by atoms with van der Waals surface area (Å²) in [7, 11) is 0. The SMILES string of the molecule is CC(NC(=O)/C=C/c1cn(-c2ccccc2)nc1-c1cccnc1)c1ccc(NC(N)=O)cc1. The number of urea groups is 1. The Morgan fingerprint density at radius 1 is 1.03 bits per heavy atom. The van der Waals surface area contributed by atoms with Crippen molar-refractivity contribution in [2.24, 2.45) is 5.73 Å². The summed E-state index contributed by atoms with van der Waals surface area (Å²) in [6, 6.07) is 19.8. The second kappa shape index (κ2) is 10.3. The molecular weight excluding hydrogens is 428 g/mol. The van der Waals surface area contributed by atoms with Gasteiger partial charge in [0, 0.05) is 41.5 Å². The van der Waals surface area contributed by atoms with Gasteiger partial charge in [-0.1, -0.05) is 30.3 Å². The van der Waals surface area contributed by atoms with E-state index in [4.69, 9.17) is 10.8 Å². The number of nitrogens with zero attached hydrogens (tertiary/aromatic N) is 3. The van der Waals surface area contributed by atoms with Crippen molar-refractivity contribution >= 4 is 23.7 Å². The van der Waals surface area contributed by atoms with Gasteiger partial charge in [0.05, 0.1) is 11.7 Å². The van der Waals surface area contributed by atoms with Crippen LogP contribution in [0.3, 0.4) is 0 Å². The number of aromatic nitrogens is 3. The minimum Gasteiger partial charge on any atom is -0.351 e. The smallest absolute Gasteiger partial charge is 0.316 e. The Bertz CT molecular complexity index is 1300. The first-order valence-corrected chi connectivity index (χ1v) is 10.7. The quantitative estimate of drug-likeness (QED) is 0.362. The lowest BCUT2D eigenvalue weighted by Crippen LogP contribution is -2.24. The van der Waals surface area contributed by atoms with Crippen molar-refractivity contribution in [1.29, 1.82) is 0 Å². The number of rotatable bonds is 7. The second-order valence-corrected chi connectivity index (χ2v) is 7.63. The zero-order chi connectivity index (χ0) is 23.9. The molecule has 0 radical (unpaired) electrons. The van der Waals surface area contributed by atoms with Crippen molar-refractivity contribution in [3.05, 3.63) is 103 Å². The van der Waals surface area contributed by atoms with Crippen molar-refractivity contribution in [2.45, 2.75) is 13.0 Å². The van der Waals surface area contributed by atoms with Gasteiger partial charge in [-0.2, -0.15) is 5.10 Å². The number of nitrogens with two attached hydrogens (primary N) is 1. The topological polar surface area (TPSA) is 115 Å². The number of carbonyl (C=O) groups excluding carboxylic acids is 2. The van der Waals surface area contributed by atoms with E-state index in [-0.39, 0.29) is 11.9 Å². The molecule has 0 saturated heterocycles. The van der Waals surface area contributed by atoms with Gasteiger partial charge in [0.25, 0.3) is 0 Å². The van der Waals surface area contributed by atoms with Gasteiger partial charge >= 0.3 is 6.03 Å². The number of benzene rings is 2. The average molecular weight is 453 g/mol. The molecule has 3 amide bonds. The molecule has 0 bridgehead atoms. The molecule has 2 aromatic heterocycles. The van der Waals surface area contributed by atoms with Gasteiger partial charge < -0.3 is 16.4 Å². The van der Waals surface area contributed by atoms with Crippen LogP contribution in [0.5, 0.6) is 0 Å². The Kier molecular flexibility index (Phi) is 6.78. The normalized spacial score (nSPS) is 11.8. The standard InChI is InChI=1S/C26H24N6O2/c1-18(19-9-12-22(13-10-19)30-26(27)34)29-24(33)14-11-21-17-32(23-7-3-2-4-8-23)31-25(21)20-6-5-15-28-16-20/h2-18H,1H3,(H,29,33)(H3,27,30,34)/b14-11+. The lowest BCUT2D eigenvalue weighted by atomic mass is 10.1. The van der Waals surface area contributed by atoms with E-state index in [9.17, 15) is 9.59 Å². The van der Waals surface area contributed by atoms with Crippen molar-refractivity contribution in [3.63, 3.8) is 0 Å². The van der Waals surface area contributed by atoms with Crippen molar-refractivity contribution < 1.29 is 9.59 Å². The summed E-state index contributed by atoms with van der Waals surface area (Å²) in [6.07, 6.45) is 8.57. The lowest BCUT2D eigenvalue weighted by Gasteiger charge is -2.13. The number of nitrogens with one attached hydrogen (secondary N) is 2. The van der Waals surface area contributed by atoms with Crippen LogP contribution in [0.25, 0.3) is 23.0 Å². The fourth-order valence-electron chi connectivity index (χ4n) is 3.46. The number of amides is 3. The number of hydrogen-bond donors (Lipinski definition) is 3. The molecule has 4 N–H and O–H groups in total. The fourth-order valence-corrected chi connectivity index (χ4v) is 3.46. The molecule has 170 valence electrons. The zero-order valence-electron chi connectivity index (χ0n) is 18.6. The molecule has 2 heterocycles. The summed E-state index contributed by atoms with van der Waals surface area (Å²) in [6.45, 7) is 1.89. The maximum Gasteiger partial charge on any atom is 0.316 e. The molecular formula is C26H24N6O2. The molecule has 1 atom stereocenters. The Morgan fingerprint density at radius 3 is 2.47 bits per heavy atom. The second-order valence-electron chi connectivity index (χ2n) is 7.63. The van der Waals surface area contributed by atoms with Gasteiger partial charge in [0.1, 0.15) is 5.69 Å².